The van der Waals surface area contributed by atoms with E-state index in [4.69, 9.17) is 9.47 Å². The number of carboxylic acid groups (broad SMARTS) is 2. The highest BCUT2D eigenvalue weighted by Crippen LogP contribution is 2.32. The molecule has 10 heterocycles. The monoisotopic (exact) mass is 1680 g/mol. The molecular formula is C86H115N22O14+. The predicted molar refractivity (Wildman–Crippen MR) is 444 cm³/mol. The number of likely N-dealkylation sites (N-methyl/N-ethyl adjacent to an activating group) is 2. The molecule has 6 aliphatic rings. The van der Waals surface area contributed by atoms with Gasteiger partial charge in [0.15, 0.2) is 11.0 Å². The highest BCUT2D eigenvalue weighted by atomic mass is 16.5. The third kappa shape index (κ3) is 25.4. The number of hydrogen-bond acceptors (Lipinski definition) is 22. The van der Waals surface area contributed by atoms with E-state index in [9.17, 15) is 48.6 Å². The third-order valence-corrected chi connectivity index (χ3v) is 22.7. The molecule has 0 unspecified atom stereocenters. The van der Waals surface area contributed by atoms with Crippen molar-refractivity contribution < 1.29 is 72.3 Å². The van der Waals surface area contributed by atoms with Crippen LogP contribution in [0.4, 0.5) is 0 Å². The standard InChI is InChI=1S/C86H114N22O14/c1-54(2)76(92-78(110)56(5)87-7)83(115)105-51-66-46-73(105)81(113)89-70(42-58-21-11-9-12-22-58)75(109)45-62(85(117)118)41-60-28-32-68(33-29-60)121-39-20-38-103-49-64(95-98-103)27-17-18-36-104-53-108(101-100-104)67-47-74(106(52-67)84(116)77(55(3)4)93-79(111)57(6)88-8)82(114)90-71(43-59-23-13-10-14-24-59)80(112)91-72(86(119)120)44-61-30-34-69(35-31-61)122-40-19-37-102-48-63(94-97-102)25-15-16-26-65-50-107(66)99-96-65/h9-14,21-24,28-35,48-50,53-57,62,66-67,70-74,76-77,87-88H,15-20,25-27,36-47,51-52H2,1-8H3,(H6-,89,90,91,92,93,110,111,112,113,114,117,118,119,120)/p+1/t56-,57-,62-,66-,67-,70+,71+,72+,73-,74-,76-,77-/m1/s1. The van der Waals surface area contributed by atoms with Crippen molar-refractivity contribution in [2.75, 3.05) is 40.4 Å². The van der Waals surface area contributed by atoms with Gasteiger partial charge in [-0.25, -0.2) is 9.48 Å². The number of Topliss-reactive ketones (excluding diaryl/α,β-unsaturated/α-hetero) is 1. The summed E-state index contributed by atoms with van der Waals surface area (Å²) in [6, 6.07) is 21.2. The van der Waals surface area contributed by atoms with Gasteiger partial charge < -0.3 is 66.7 Å². The molecule has 4 aromatic carbocycles. The summed E-state index contributed by atoms with van der Waals surface area (Å²) in [7, 11) is 3.26. The molecule has 122 heavy (non-hydrogen) atoms. The number of aliphatic carboxylic acids is 2. The van der Waals surface area contributed by atoms with E-state index in [0.717, 1.165) is 24.2 Å². The summed E-state index contributed by atoms with van der Waals surface area (Å²) in [5, 5.41) is 76.8. The lowest BCUT2D eigenvalue weighted by Gasteiger charge is -2.31. The van der Waals surface area contributed by atoms with Crippen LogP contribution < -0.4 is 51.4 Å². The fourth-order valence-corrected chi connectivity index (χ4v) is 15.3. The third-order valence-electron chi connectivity index (χ3n) is 22.7. The summed E-state index contributed by atoms with van der Waals surface area (Å²) in [5.41, 5.74) is 4.89. The summed E-state index contributed by atoms with van der Waals surface area (Å²) in [5.74, 6) is -7.79. The number of ketones is 1. The Morgan fingerprint density at radius 1 is 0.508 bits per heavy atom. The lowest BCUT2D eigenvalue weighted by atomic mass is 9.90. The van der Waals surface area contributed by atoms with Gasteiger partial charge in [-0.15, -0.1) is 20.0 Å². The van der Waals surface area contributed by atoms with Gasteiger partial charge in [0.25, 0.3) is 0 Å². The van der Waals surface area contributed by atoms with Crippen LogP contribution in [-0.4, -0.2) is 234 Å². The zero-order valence-electron chi connectivity index (χ0n) is 70.5. The van der Waals surface area contributed by atoms with Crippen molar-refractivity contribution in [3.05, 3.63) is 173 Å². The Morgan fingerprint density at radius 3 is 1.45 bits per heavy atom. The van der Waals surface area contributed by atoms with E-state index in [1.165, 1.54) is 9.80 Å². The SMILES string of the molecule is CN[C@H](C)C(=O)N[C@@H](C(=O)N1C[C@H]2C[C@@H]1C(=O)N[C@@H](Cc1ccccc1)C(=O)C[C@H](C(=O)O)Cc1ccc(cc1)OCCCn1cc(nn1)CCCC[n+]1cn(nn1)[C@@H]1C[C@H](C(=O)N[C@@H](Cc3ccccc3)C(=O)N[C@H](C(=O)O)Cc3ccc(cc3)OCCCn3cc(nn3)CCCCc3cn2nn3)N(C(=O)[C@H](NC(=O)[C@@H](C)NC)C(C)C)C1)C(C)C. The second-order valence-electron chi connectivity index (χ2n) is 32.6. The Hall–Kier alpha value is -12.2. The molecule has 8 aromatic rings. The number of amides is 7. The number of carbonyl (C=O) groups is 10. The van der Waals surface area contributed by atoms with E-state index >= 15 is 9.59 Å². The second-order valence-corrected chi connectivity index (χ2v) is 32.6. The van der Waals surface area contributed by atoms with E-state index in [0.29, 0.717) is 117 Å². The molecule has 16 bridgehead atoms. The van der Waals surface area contributed by atoms with Gasteiger partial charge in [0.2, 0.25) is 47.7 Å². The fourth-order valence-electron chi connectivity index (χ4n) is 15.3. The first-order valence-corrected chi connectivity index (χ1v) is 42.2. The second kappa shape index (κ2) is 43.8. The molecule has 0 aliphatic carbocycles. The summed E-state index contributed by atoms with van der Waals surface area (Å²) in [4.78, 5) is 145. The van der Waals surface area contributed by atoms with Crippen LogP contribution in [0.25, 0.3) is 0 Å². The molecule has 2 fully saturated rings. The smallest absolute Gasteiger partial charge is 0.326 e. The number of aromatic nitrogens is 13. The van der Waals surface area contributed by atoms with Gasteiger partial charge in [-0.1, -0.05) is 133 Å². The van der Waals surface area contributed by atoms with Crippen LogP contribution in [0, 0.1) is 17.8 Å². The fraction of sp³-hybridized carbons (Fsp3) is 0.523. The molecule has 0 saturated carbocycles. The largest absolute Gasteiger partial charge is 0.494 e. The number of benzene rings is 4. The molecule has 0 spiro atoms. The molecule has 6 aliphatic heterocycles. The number of likely N-dealkylation sites (tertiary alicyclic amines) is 2. The molecule has 2 saturated heterocycles. The Kier molecular flexibility index (Phi) is 32.5. The molecular weight excluding hydrogens is 1570 g/mol. The van der Waals surface area contributed by atoms with Crippen LogP contribution >= 0.6 is 0 Å². The van der Waals surface area contributed by atoms with Crippen molar-refractivity contribution in [3.63, 3.8) is 0 Å². The van der Waals surface area contributed by atoms with E-state index in [1.54, 1.807) is 164 Å². The average Bonchev–Trinajstić information content (AvgIpc) is 1.62. The normalized spacial score (nSPS) is 21.7. The molecule has 9 N–H and O–H groups in total. The van der Waals surface area contributed by atoms with Gasteiger partial charge >= 0.3 is 11.9 Å². The summed E-state index contributed by atoms with van der Waals surface area (Å²) >= 11 is 0. The quantitative estimate of drug-likeness (QED) is 0.0627. The predicted octanol–water partition coefficient (Wildman–Crippen LogP) is 3.13. The highest BCUT2D eigenvalue weighted by molar-refractivity contribution is 5.98. The molecule has 652 valence electrons. The number of rotatable bonds is 16. The van der Waals surface area contributed by atoms with Crippen molar-refractivity contribution in [1.29, 1.82) is 0 Å². The average molecular weight is 1680 g/mol. The Balaban J connectivity index is 0.788. The van der Waals surface area contributed by atoms with Crippen LogP contribution in [0.1, 0.15) is 151 Å². The number of hydrogen-bond donors (Lipinski definition) is 9. The van der Waals surface area contributed by atoms with Gasteiger partial charge in [-0.2, -0.15) is 0 Å². The lowest BCUT2D eigenvalue weighted by Crippen LogP contribution is -2.59. The molecule has 0 radical (unpaired) electrons. The lowest BCUT2D eigenvalue weighted by molar-refractivity contribution is -0.755. The van der Waals surface area contributed by atoms with Crippen molar-refractivity contribution in [3.8, 4) is 11.5 Å². The van der Waals surface area contributed by atoms with Gasteiger partial charge in [0.1, 0.15) is 59.0 Å². The Bertz CT molecular complexity index is 4510. The number of aryl methyl sites for hydroxylation is 6. The van der Waals surface area contributed by atoms with Crippen molar-refractivity contribution >= 4 is 59.1 Å². The van der Waals surface area contributed by atoms with Crippen LogP contribution in [0.5, 0.6) is 11.5 Å². The molecule has 14 rings (SSSR count). The number of ether oxygens (including phenoxy) is 2. The first-order chi connectivity index (χ1) is 58.8. The summed E-state index contributed by atoms with van der Waals surface area (Å²) in [6.45, 7) is 12.7. The zero-order valence-corrected chi connectivity index (χ0v) is 70.5. The van der Waals surface area contributed by atoms with Crippen molar-refractivity contribution in [2.45, 2.75) is 230 Å². The number of carboxylic acids is 2. The maximum absolute atomic E-state index is 15.0. The van der Waals surface area contributed by atoms with Crippen LogP contribution in [0.15, 0.2) is 134 Å². The van der Waals surface area contributed by atoms with E-state index in [1.807, 2.05) is 48.8 Å². The highest BCUT2D eigenvalue weighted by Gasteiger charge is 2.48. The molecule has 7 amide bonds. The van der Waals surface area contributed by atoms with E-state index in [2.05, 4.69) is 78.6 Å². The van der Waals surface area contributed by atoms with Crippen LogP contribution in [-0.2, 0) is 113 Å². The van der Waals surface area contributed by atoms with E-state index < -0.39 is 150 Å². The van der Waals surface area contributed by atoms with Crippen LogP contribution in [0.2, 0.25) is 0 Å². The minimum Gasteiger partial charge on any atom is -0.494 e. The Morgan fingerprint density at radius 2 is 0.967 bits per heavy atom. The van der Waals surface area contributed by atoms with Gasteiger partial charge in [-0.3, -0.25) is 52.5 Å². The Labute approximate surface area is 708 Å². The number of tetrazole rings is 1. The topological polar surface area (TPSA) is 447 Å². The maximum atomic E-state index is 15.0. The first kappa shape index (κ1) is 90.6. The summed E-state index contributed by atoms with van der Waals surface area (Å²) in [6.07, 6.45) is 12.7. The number of nitrogens with zero attached hydrogens (tertiary/aromatic N) is 15. The minimum absolute atomic E-state index is 0.00209. The maximum Gasteiger partial charge on any atom is 0.326 e. The molecule has 12 atom stereocenters. The van der Waals surface area contributed by atoms with Crippen molar-refractivity contribution in [2.24, 2.45) is 17.8 Å². The van der Waals surface area contributed by atoms with E-state index in [-0.39, 0.29) is 51.6 Å². The summed E-state index contributed by atoms with van der Waals surface area (Å²) < 4.78 is 20.6. The zero-order chi connectivity index (χ0) is 86.9. The molecule has 36 nitrogen and oxygen atoms in total. The van der Waals surface area contributed by atoms with Gasteiger partial charge in [-0.05, 0) is 144 Å². The van der Waals surface area contributed by atoms with Crippen molar-refractivity contribution in [1.82, 2.24) is 107 Å². The van der Waals surface area contributed by atoms with Gasteiger partial charge in [0.05, 0.1) is 73.5 Å². The van der Waals surface area contributed by atoms with Crippen LogP contribution in [0.3, 0.4) is 0 Å². The number of nitrogens with one attached hydrogen (secondary N) is 7. The minimum atomic E-state index is -1.42. The van der Waals surface area contributed by atoms with Gasteiger partial charge in [0, 0.05) is 83.2 Å². The first-order valence-electron chi connectivity index (χ1n) is 42.2. The molecule has 4 aromatic heterocycles. The molecule has 36 heteroatoms. The number of carbonyl (C=O) groups excluding carboxylic acids is 8.